The van der Waals surface area contributed by atoms with Crippen LogP contribution in [0.3, 0.4) is 0 Å². The lowest BCUT2D eigenvalue weighted by atomic mass is 10.0. The van der Waals surface area contributed by atoms with Gasteiger partial charge in [0.1, 0.15) is 60.4 Å². The Labute approximate surface area is 480 Å². The first-order chi connectivity index (χ1) is 38.8. The molecule has 0 aromatic heterocycles. The number of carbonyl (C=O) groups is 11. The second-order valence-corrected chi connectivity index (χ2v) is 21.1. The molecular weight excluding hydrogens is 1070 g/mol. The quantitative estimate of drug-likeness (QED) is 0.0297. The molecule has 13 atom stereocenters. The lowest BCUT2D eigenvalue weighted by molar-refractivity contribution is -0.137. The van der Waals surface area contributed by atoms with Gasteiger partial charge in [-0.25, -0.2) is 0 Å². The molecular formula is C52H98N16O14. The summed E-state index contributed by atoms with van der Waals surface area (Å²) in [5, 5.41) is 59.4. The molecule has 1 aliphatic heterocycles. The van der Waals surface area contributed by atoms with E-state index in [0.717, 1.165) is 38.5 Å². The minimum Gasteiger partial charge on any atom is -0.391 e. The van der Waals surface area contributed by atoms with Gasteiger partial charge < -0.3 is 102 Å². The van der Waals surface area contributed by atoms with Crippen molar-refractivity contribution < 1.29 is 68.1 Å². The highest BCUT2D eigenvalue weighted by molar-refractivity contribution is 5.99. The van der Waals surface area contributed by atoms with Crippen LogP contribution >= 0.6 is 0 Å². The number of unbranched alkanes of at least 4 members (excludes halogenated alkanes) is 6. The van der Waals surface area contributed by atoms with Crippen LogP contribution in [-0.4, -0.2) is 198 Å². The second-order valence-electron chi connectivity index (χ2n) is 21.1. The Morgan fingerprint density at radius 2 is 0.951 bits per heavy atom. The van der Waals surface area contributed by atoms with E-state index in [1.807, 2.05) is 0 Å². The van der Waals surface area contributed by atoms with Crippen molar-refractivity contribution in [2.45, 2.75) is 217 Å². The highest BCUT2D eigenvalue weighted by Gasteiger charge is 2.38. The van der Waals surface area contributed by atoms with Crippen LogP contribution in [0.4, 0.5) is 0 Å². The number of nitrogens with two attached hydrogens (primary N) is 5. The summed E-state index contributed by atoms with van der Waals surface area (Å²) in [5.74, 6) is -10.6. The van der Waals surface area contributed by atoms with E-state index in [9.17, 15) is 68.1 Å². The third-order valence-corrected chi connectivity index (χ3v) is 13.4. The van der Waals surface area contributed by atoms with Crippen LogP contribution in [0.5, 0.6) is 0 Å². The Hall–Kier alpha value is -6.15. The van der Waals surface area contributed by atoms with Crippen molar-refractivity contribution >= 4 is 65.0 Å². The van der Waals surface area contributed by atoms with E-state index in [0.29, 0.717) is 6.42 Å². The van der Waals surface area contributed by atoms with E-state index in [2.05, 4.69) is 65.4 Å². The Kier molecular flexibility index (Phi) is 36.2. The number of hydrogen-bond acceptors (Lipinski definition) is 19. The molecule has 0 unspecified atom stereocenters. The molecule has 1 rings (SSSR count). The molecule has 0 aliphatic carbocycles. The van der Waals surface area contributed by atoms with E-state index < -0.39 is 157 Å². The second kappa shape index (κ2) is 40.1. The first-order valence-electron chi connectivity index (χ1n) is 28.7. The maximum absolute atomic E-state index is 14.4. The van der Waals surface area contributed by atoms with Crippen LogP contribution in [0.25, 0.3) is 0 Å². The molecule has 82 heavy (non-hydrogen) atoms. The van der Waals surface area contributed by atoms with Crippen LogP contribution in [-0.2, 0) is 52.7 Å². The molecule has 0 radical (unpaired) electrons. The molecule has 1 fully saturated rings. The topological polar surface area (TPSA) is 511 Å². The summed E-state index contributed by atoms with van der Waals surface area (Å²) in [4.78, 5) is 152. The van der Waals surface area contributed by atoms with Gasteiger partial charge in [-0.15, -0.1) is 0 Å². The predicted octanol–water partition coefficient (Wildman–Crippen LogP) is -6.57. The minimum absolute atomic E-state index is 0.0173. The maximum atomic E-state index is 14.4. The van der Waals surface area contributed by atoms with Gasteiger partial charge in [-0.1, -0.05) is 59.3 Å². The summed E-state index contributed by atoms with van der Waals surface area (Å²) < 4.78 is 0. The fourth-order valence-electron chi connectivity index (χ4n) is 8.70. The van der Waals surface area contributed by atoms with Crippen LogP contribution in [0.1, 0.15) is 138 Å². The molecule has 0 aromatic rings. The normalized spacial score (nSPS) is 23.4. The maximum Gasteiger partial charge on any atom is 0.245 e. The third kappa shape index (κ3) is 27.3. The van der Waals surface area contributed by atoms with Crippen molar-refractivity contribution in [3.63, 3.8) is 0 Å². The smallest absolute Gasteiger partial charge is 0.245 e. The average Bonchev–Trinajstić information content (AvgIpc) is 3.43. The fraction of sp³-hybridized carbons (Fsp3) is 0.788. The molecule has 1 saturated heterocycles. The predicted molar refractivity (Wildman–Crippen MR) is 302 cm³/mol. The summed E-state index contributed by atoms with van der Waals surface area (Å²) in [6.45, 7) is 7.86. The molecule has 470 valence electrons. The largest absolute Gasteiger partial charge is 0.391 e. The summed E-state index contributed by atoms with van der Waals surface area (Å²) in [7, 11) is 0. The summed E-state index contributed by atoms with van der Waals surface area (Å²) in [6.07, 6.45) is 0.697. The van der Waals surface area contributed by atoms with Gasteiger partial charge in [-0.3, -0.25) is 52.7 Å². The highest BCUT2D eigenvalue weighted by atomic mass is 16.3. The molecule has 0 aromatic carbocycles. The Morgan fingerprint density at radius 1 is 0.512 bits per heavy atom. The Bertz CT molecular complexity index is 2050. The molecule has 30 nitrogen and oxygen atoms in total. The molecule has 30 heteroatoms. The first kappa shape index (κ1) is 73.9. The van der Waals surface area contributed by atoms with Gasteiger partial charge in [0.2, 0.25) is 65.0 Å². The zero-order chi connectivity index (χ0) is 62.1. The van der Waals surface area contributed by atoms with E-state index in [1.54, 1.807) is 13.8 Å². The van der Waals surface area contributed by atoms with Gasteiger partial charge >= 0.3 is 0 Å². The van der Waals surface area contributed by atoms with Gasteiger partial charge in [0.25, 0.3) is 0 Å². The Balaban J connectivity index is 3.75. The summed E-state index contributed by atoms with van der Waals surface area (Å²) in [6, 6.07) is -15.4. The van der Waals surface area contributed by atoms with Crippen LogP contribution in [0, 0.1) is 5.92 Å². The van der Waals surface area contributed by atoms with Gasteiger partial charge in [-0.05, 0) is 111 Å². The molecule has 0 spiro atoms. The van der Waals surface area contributed by atoms with Crippen molar-refractivity contribution in [3.05, 3.63) is 0 Å². The third-order valence-electron chi connectivity index (χ3n) is 13.4. The van der Waals surface area contributed by atoms with Crippen LogP contribution in [0.15, 0.2) is 0 Å². The lowest BCUT2D eigenvalue weighted by Crippen LogP contribution is -2.62. The number of rotatable bonds is 30. The molecule has 11 amide bonds. The molecule has 0 saturated carbocycles. The van der Waals surface area contributed by atoms with Gasteiger partial charge in [-0.2, -0.15) is 0 Å². The van der Waals surface area contributed by atoms with E-state index in [-0.39, 0.29) is 83.6 Å². The van der Waals surface area contributed by atoms with Crippen LogP contribution < -0.4 is 87.2 Å². The number of nitrogens with one attached hydrogen (secondary N) is 11. The number of amides is 11. The number of hydrogen-bond donors (Lipinski definition) is 19. The molecule has 0 bridgehead atoms. The summed E-state index contributed by atoms with van der Waals surface area (Å²) in [5.41, 5.74) is 29.1. The van der Waals surface area contributed by atoms with Gasteiger partial charge in [0.15, 0.2) is 0 Å². The molecule has 1 aliphatic rings. The number of aliphatic hydroxyl groups excluding tert-OH is 3. The standard InChI is InChI=1S/C52H98N16O14/c1-7-8-9-10-11-12-13-14-39(72)59-32(15-21-53)47(77)67-41(30(5)70)51(81)64-35(18-24-56)44(74)62-37-20-26-58-50(80)40(29(4)69)66-48(78)36(19-25-57)61-43(73)34(17-23-55)63-52(82)42(31(6)71)68-49(79)38(27-28(2)3)65-45(75)33(16-22-54)60-46(37)76/h28-38,40-42,69-71H,7-27,53-57H2,1-6H3,(H,58,80)(H,59,72)(H,60,76)(H,61,73)(H,62,74)(H,63,82)(H,64,81)(H,65,75)(H,66,78)(H,67,77)(H,68,79)/t29-,30-,31+,32+,33+,34+,35+,36+,37+,38-,40+,41+,42+/m1/s1. The van der Waals surface area contributed by atoms with E-state index in [1.165, 1.54) is 20.8 Å². The van der Waals surface area contributed by atoms with Crippen molar-refractivity contribution in [2.75, 3.05) is 39.3 Å². The molecule has 24 N–H and O–H groups in total. The van der Waals surface area contributed by atoms with Crippen molar-refractivity contribution in [1.29, 1.82) is 0 Å². The zero-order valence-corrected chi connectivity index (χ0v) is 48.7. The van der Waals surface area contributed by atoms with E-state index >= 15 is 0 Å². The monoisotopic (exact) mass is 1170 g/mol. The van der Waals surface area contributed by atoms with Gasteiger partial charge in [0.05, 0.1) is 18.3 Å². The van der Waals surface area contributed by atoms with Crippen molar-refractivity contribution in [3.8, 4) is 0 Å². The first-order valence-corrected chi connectivity index (χ1v) is 28.7. The number of aliphatic hydroxyl groups is 3. The van der Waals surface area contributed by atoms with Crippen LogP contribution in [0.2, 0.25) is 0 Å². The number of carbonyl (C=O) groups excluding carboxylic acids is 11. The van der Waals surface area contributed by atoms with Crippen molar-refractivity contribution in [1.82, 2.24) is 58.5 Å². The zero-order valence-electron chi connectivity index (χ0n) is 48.7. The fourth-order valence-corrected chi connectivity index (χ4v) is 8.70. The summed E-state index contributed by atoms with van der Waals surface area (Å²) >= 11 is 0. The minimum atomic E-state index is -1.73. The average molecular weight is 1170 g/mol. The Morgan fingerprint density at radius 3 is 1.43 bits per heavy atom. The SMILES string of the molecule is CCCCCCCCCC(=O)N[C@@H](CCN)C(=O)N[C@H](C(=O)N[C@@H](CCN)C(=O)N[C@H]1CCNC(=O)[C@H]([C@@H](C)O)NC(=O)[C@H](CCN)NC(=O)[C@H](CCN)NC(=O)[C@H]([C@H](C)O)NC(=O)[C@@H](CC(C)C)NC(=O)[C@H](CCN)NC1=O)[C@@H](C)O. The molecule has 1 heterocycles. The van der Waals surface area contributed by atoms with Crippen molar-refractivity contribution in [2.24, 2.45) is 34.6 Å². The lowest BCUT2D eigenvalue weighted by Gasteiger charge is -2.29. The highest BCUT2D eigenvalue weighted by Crippen LogP contribution is 2.12. The van der Waals surface area contributed by atoms with Gasteiger partial charge in [0, 0.05) is 13.0 Å². The van der Waals surface area contributed by atoms with E-state index in [4.69, 9.17) is 28.7 Å².